The first-order chi connectivity index (χ1) is 7.27. The van der Waals surface area contributed by atoms with E-state index in [-0.39, 0.29) is 12.4 Å². The maximum atomic E-state index is 3.49. The number of fused-ring (bicyclic) bond motifs is 1. The zero-order valence-electron chi connectivity index (χ0n) is 10.0. The summed E-state index contributed by atoms with van der Waals surface area (Å²) in [5, 5.41) is 6.96. The fraction of sp³-hybridized carbons (Fsp3) is 0.538. The zero-order valence-corrected chi connectivity index (χ0v) is 10.9. The number of para-hydroxylation sites is 1. The van der Waals surface area contributed by atoms with Crippen molar-refractivity contribution in [3.8, 4) is 0 Å². The molecule has 0 radical (unpaired) electrons. The molecule has 2 nitrogen and oxygen atoms in total. The average molecular weight is 241 g/mol. The van der Waals surface area contributed by atoms with Crippen LogP contribution in [0.1, 0.15) is 25.0 Å². The van der Waals surface area contributed by atoms with Crippen LogP contribution >= 0.6 is 12.4 Å². The van der Waals surface area contributed by atoms with Gasteiger partial charge < -0.3 is 10.6 Å². The number of hydrogen-bond acceptors (Lipinski definition) is 2. The smallest absolute Gasteiger partial charge is 0.0419 e. The molecule has 0 saturated heterocycles. The van der Waals surface area contributed by atoms with Crippen molar-refractivity contribution in [2.75, 3.05) is 18.4 Å². The van der Waals surface area contributed by atoms with Crippen LogP contribution in [0, 0.1) is 5.92 Å². The molecule has 0 unspecified atom stereocenters. The van der Waals surface area contributed by atoms with Crippen LogP contribution in [0.4, 0.5) is 5.69 Å². The van der Waals surface area contributed by atoms with Crippen molar-refractivity contribution in [2.45, 2.75) is 26.8 Å². The number of benzene rings is 1. The second-order valence-corrected chi connectivity index (χ2v) is 4.65. The molecule has 2 rings (SSSR count). The van der Waals surface area contributed by atoms with E-state index in [1.165, 1.54) is 23.2 Å². The molecule has 1 aliphatic heterocycles. The van der Waals surface area contributed by atoms with E-state index in [0.29, 0.717) is 0 Å². The molecule has 0 spiro atoms. The molecular formula is C13H21ClN2. The Balaban J connectivity index is 0.00000128. The molecule has 1 aliphatic rings. The Morgan fingerprint density at radius 1 is 1.38 bits per heavy atom. The lowest BCUT2D eigenvalue weighted by Crippen LogP contribution is -2.19. The SMILES string of the molecule is CC(C)CNCc1cccc2c1NCC2.Cl. The van der Waals surface area contributed by atoms with E-state index in [9.17, 15) is 0 Å². The first kappa shape index (κ1) is 13.3. The van der Waals surface area contributed by atoms with Crippen molar-refractivity contribution in [1.29, 1.82) is 0 Å². The highest BCUT2D eigenvalue weighted by Crippen LogP contribution is 2.26. The first-order valence-electron chi connectivity index (χ1n) is 5.82. The quantitative estimate of drug-likeness (QED) is 0.846. The maximum absolute atomic E-state index is 3.49. The Hall–Kier alpha value is -0.730. The Labute approximate surface area is 104 Å². The van der Waals surface area contributed by atoms with Crippen LogP contribution < -0.4 is 10.6 Å². The highest BCUT2D eigenvalue weighted by molar-refractivity contribution is 5.85. The zero-order chi connectivity index (χ0) is 10.7. The van der Waals surface area contributed by atoms with E-state index in [2.05, 4.69) is 42.7 Å². The predicted octanol–water partition coefficient (Wildman–Crippen LogP) is 2.82. The minimum absolute atomic E-state index is 0. The lowest BCUT2D eigenvalue weighted by Gasteiger charge is -2.11. The summed E-state index contributed by atoms with van der Waals surface area (Å²) in [5.41, 5.74) is 4.25. The number of anilines is 1. The van der Waals surface area contributed by atoms with Gasteiger partial charge in [-0.15, -0.1) is 12.4 Å². The molecule has 0 aliphatic carbocycles. The van der Waals surface area contributed by atoms with Gasteiger partial charge in [-0.1, -0.05) is 32.0 Å². The number of halogens is 1. The highest BCUT2D eigenvalue weighted by Gasteiger charge is 2.12. The van der Waals surface area contributed by atoms with E-state index >= 15 is 0 Å². The van der Waals surface area contributed by atoms with Crippen LogP contribution in [0.15, 0.2) is 18.2 Å². The van der Waals surface area contributed by atoms with Gasteiger partial charge >= 0.3 is 0 Å². The van der Waals surface area contributed by atoms with Gasteiger partial charge in [-0.05, 0) is 30.0 Å². The van der Waals surface area contributed by atoms with Gasteiger partial charge in [0.2, 0.25) is 0 Å². The summed E-state index contributed by atoms with van der Waals surface area (Å²) in [6.07, 6.45) is 1.17. The molecule has 0 bridgehead atoms. The lowest BCUT2D eigenvalue weighted by atomic mass is 10.1. The second kappa shape index (κ2) is 6.12. The fourth-order valence-corrected chi connectivity index (χ4v) is 2.05. The van der Waals surface area contributed by atoms with Gasteiger partial charge in [0, 0.05) is 18.8 Å². The molecule has 1 aromatic rings. The summed E-state index contributed by atoms with van der Waals surface area (Å²) < 4.78 is 0. The summed E-state index contributed by atoms with van der Waals surface area (Å²) in [5.74, 6) is 0.717. The van der Waals surface area contributed by atoms with Gasteiger partial charge in [-0.25, -0.2) is 0 Å². The topological polar surface area (TPSA) is 24.1 Å². The van der Waals surface area contributed by atoms with Gasteiger partial charge in [0.1, 0.15) is 0 Å². The van der Waals surface area contributed by atoms with Gasteiger partial charge in [-0.2, -0.15) is 0 Å². The van der Waals surface area contributed by atoms with Crippen molar-refractivity contribution >= 4 is 18.1 Å². The highest BCUT2D eigenvalue weighted by atomic mass is 35.5. The standard InChI is InChI=1S/C13H20N2.ClH/c1-10(2)8-14-9-12-5-3-4-11-6-7-15-13(11)12;/h3-5,10,14-15H,6-9H2,1-2H3;1H. The number of nitrogens with one attached hydrogen (secondary N) is 2. The summed E-state index contributed by atoms with van der Waals surface area (Å²) in [4.78, 5) is 0. The Morgan fingerprint density at radius 2 is 2.19 bits per heavy atom. The van der Waals surface area contributed by atoms with Gasteiger partial charge in [0.05, 0.1) is 0 Å². The molecule has 0 amide bonds. The van der Waals surface area contributed by atoms with Crippen LogP contribution in [0.3, 0.4) is 0 Å². The van der Waals surface area contributed by atoms with Crippen LogP contribution in [0.5, 0.6) is 0 Å². The summed E-state index contributed by atoms with van der Waals surface area (Å²) in [6, 6.07) is 6.60. The second-order valence-electron chi connectivity index (χ2n) is 4.65. The third kappa shape index (κ3) is 3.13. The van der Waals surface area contributed by atoms with Crippen LogP contribution in [-0.4, -0.2) is 13.1 Å². The Morgan fingerprint density at radius 3 is 2.94 bits per heavy atom. The molecule has 90 valence electrons. The largest absolute Gasteiger partial charge is 0.384 e. The summed E-state index contributed by atoms with van der Waals surface area (Å²) >= 11 is 0. The normalized spacial score (nSPS) is 13.2. The maximum Gasteiger partial charge on any atom is 0.0419 e. The number of rotatable bonds is 4. The molecule has 2 N–H and O–H groups in total. The van der Waals surface area contributed by atoms with Crippen LogP contribution in [0.25, 0.3) is 0 Å². The van der Waals surface area contributed by atoms with E-state index in [4.69, 9.17) is 0 Å². The van der Waals surface area contributed by atoms with E-state index in [1.807, 2.05) is 0 Å². The third-order valence-electron chi connectivity index (χ3n) is 2.80. The van der Waals surface area contributed by atoms with Crippen molar-refractivity contribution in [3.63, 3.8) is 0 Å². The monoisotopic (exact) mass is 240 g/mol. The third-order valence-corrected chi connectivity index (χ3v) is 2.80. The minimum atomic E-state index is 0. The summed E-state index contributed by atoms with van der Waals surface area (Å²) in [7, 11) is 0. The van der Waals surface area contributed by atoms with Crippen LogP contribution in [0.2, 0.25) is 0 Å². The average Bonchev–Trinajstić information content (AvgIpc) is 2.65. The fourth-order valence-electron chi connectivity index (χ4n) is 2.05. The van der Waals surface area contributed by atoms with Crippen molar-refractivity contribution < 1.29 is 0 Å². The van der Waals surface area contributed by atoms with E-state index in [1.54, 1.807) is 0 Å². The Bertz CT molecular complexity index is 337. The van der Waals surface area contributed by atoms with Crippen molar-refractivity contribution in [2.24, 2.45) is 5.92 Å². The molecule has 0 fully saturated rings. The van der Waals surface area contributed by atoms with Gasteiger partial charge in [-0.3, -0.25) is 0 Å². The first-order valence-corrected chi connectivity index (χ1v) is 5.82. The lowest BCUT2D eigenvalue weighted by molar-refractivity contribution is 0.553. The van der Waals surface area contributed by atoms with Gasteiger partial charge in [0.25, 0.3) is 0 Å². The summed E-state index contributed by atoms with van der Waals surface area (Å²) in [6.45, 7) is 7.63. The van der Waals surface area contributed by atoms with Crippen molar-refractivity contribution in [1.82, 2.24) is 5.32 Å². The Kier molecular flexibility index (Phi) is 5.10. The van der Waals surface area contributed by atoms with E-state index < -0.39 is 0 Å². The molecular weight excluding hydrogens is 220 g/mol. The van der Waals surface area contributed by atoms with Crippen LogP contribution in [-0.2, 0) is 13.0 Å². The molecule has 0 saturated carbocycles. The number of hydrogen-bond donors (Lipinski definition) is 2. The van der Waals surface area contributed by atoms with Gasteiger partial charge in [0.15, 0.2) is 0 Å². The molecule has 1 heterocycles. The minimum Gasteiger partial charge on any atom is -0.384 e. The van der Waals surface area contributed by atoms with Crippen molar-refractivity contribution in [3.05, 3.63) is 29.3 Å². The molecule has 16 heavy (non-hydrogen) atoms. The molecule has 3 heteroatoms. The molecule has 0 aromatic heterocycles. The predicted molar refractivity (Wildman–Crippen MR) is 72.4 cm³/mol. The molecule has 1 aromatic carbocycles. The molecule has 0 atom stereocenters. The van der Waals surface area contributed by atoms with E-state index in [0.717, 1.165) is 25.6 Å².